The molecule has 0 aliphatic carbocycles. The maximum atomic E-state index is 2.77. The van der Waals surface area contributed by atoms with Crippen molar-refractivity contribution in [2.24, 2.45) is 0 Å². The van der Waals surface area contributed by atoms with Gasteiger partial charge in [0.1, 0.15) is 0 Å². The number of benzene rings is 1. The highest BCUT2D eigenvalue weighted by atomic mass is 35.5. The second-order valence-corrected chi connectivity index (χ2v) is 5.30. The van der Waals surface area contributed by atoms with E-state index in [9.17, 15) is 0 Å². The first-order chi connectivity index (χ1) is 7.83. The fourth-order valence-electron chi connectivity index (χ4n) is 3.60. The van der Waals surface area contributed by atoms with E-state index in [2.05, 4.69) is 43.0 Å². The van der Waals surface area contributed by atoms with E-state index >= 15 is 0 Å². The van der Waals surface area contributed by atoms with E-state index in [1.165, 1.54) is 25.7 Å². The zero-order valence-electron chi connectivity index (χ0n) is 10.7. The van der Waals surface area contributed by atoms with Crippen LogP contribution in [0.1, 0.15) is 62.7 Å². The van der Waals surface area contributed by atoms with Gasteiger partial charge in [-0.2, -0.15) is 0 Å². The largest absolute Gasteiger partial charge is 0.287 e. The molecule has 3 atom stereocenters. The maximum absolute atomic E-state index is 2.77. The smallest absolute Gasteiger partial charge is 0.0360 e. The molecule has 94 valence electrons. The molecule has 17 heavy (non-hydrogen) atoms. The summed E-state index contributed by atoms with van der Waals surface area (Å²) in [6.07, 6.45) is 5.38. The normalized spacial score (nSPS) is 28.4. The zero-order chi connectivity index (χ0) is 11.1. The summed E-state index contributed by atoms with van der Waals surface area (Å²) in [5.41, 5.74) is 3.23. The van der Waals surface area contributed by atoms with Gasteiger partial charge in [0.05, 0.1) is 0 Å². The van der Waals surface area contributed by atoms with Crippen LogP contribution in [0.3, 0.4) is 0 Å². The van der Waals surface area contributed by atoms with Crippen LogP contribution >= 0.6 is 12.4 Å². The van der Waals surface area contributed by atoms with Crippen molar-refractivity contribution in [3.05, 3.63) is 35.4 Å². The van der Waals surface area contributed by atoms with Crippen molar-refractivity contribution in [3.8, 4) is 0 Å². The Bertz CT molecular complexity index is 359. The van der Waals surface area contributed by atoms with E-state index in [1.54, 1.807) is 11.1 Å². The molecule has 0 aromatic heterocycles. The third-order valence-electron chi connectivity index (χ3n) is 4.49. The summed E-state index contributed by atoms with van der Waals surface area (Å²) in [6, 6.07) is 11.3. The Morgan fingerprint density at radius 2 is 1.71 bits per heavy atom. The number of rotatable bonds is 2. The Labute approximate surface area is 111 Å². The second-order valence-electron chi connectivity index (χ2n) is 5.30. The van der Waals surface area contributed by atoms with Crippen LogP contribution in [0.25, 0.3) is 0 Å². The first kappa shape index (κ1) is 12.9. The van der Waals surface area contributed by atoms with E-state index in [0.717, 1.165) is 6.04 Å². The Balaban J connectivity index is 0.00000108. The summed E-state index contributed by atoms with van der Waals surface area (Å²) < 4.78 is 0. The molecule has 1 aromatic carbocycles. The number of hydrogen-bond acceptors (Lipinski definition) is 1. The van der Waals surface area contributed by atoms with Crippen molar-refractivity contribution in [2.75, 3.05) is 0 Å². The summed E-state index contributed by atoms with van der Waals surface area (Å²) in [4.78, 5) is 2.77. The Hall–Kier alpha value is -0.530. The predicted molar refractivity (Wildman–Crippen MR) is 74.6 cm³/mol. The molecule has 0 N–H and O–H groups in total. The number of nitrogens with zero attached hydrogens (tertiary/aromatic N) is 1. The minimum Gasteiger partial charge on any atom is -0.287 e. The molecule has 1 nitrogen and oxygen atoms in total. The molecule has 2 heterocycles. The number of halogens is 1. The Kier molecular flexibility index (Phi) is 3.79. The molecule has 0 radical (unpaired) electrons. The highest BCUT2D eigenvalue weighted by Crippen LogP contribution is 2.51. The monoisotopic (exact) mass is 251 g/mol. The van der Waals surface area contributed by atoms with Gasteiger partial charge in [0.2, 0.25) is 0 Å². The average molecular weight is 252 g/mol. The van der Waals surface area contributed by atoms with Crippen molar-refractivity contribution >= 4 is 12.4 Å². The van der Waals surface area contributed by atoms with Crippen molar-refractivity contribution in [3.63, 3.8) is 0 Å². The maximum Gasteiger partial charge on any atom is 0.0360 e. The zero-order valence-corrected chi connectivity index (χ0v) is 11.5. The third-order valence-corrected chi connectivity index (χ3v) is 4.49. The molecule has 0 spiro atoms. The van der Waals surface area contributed by atoms with Gasteiger partial charge in [0, 0.05) is 18.1 Å². The molecule has 1 aromatic rings. The molecule has 2 aliphatic heterocycles. The van der Waals surface area contributed by atoms with Gasteiger partial charge in [-0.3, -0.25) is 4.90 Å². The summed E-state index contributed by atoms with van der Waals surface area (Å²) in [6.45, 7) is 4.70. The predicted octanol–water partition coefficient (Wildman–Crippen LogP) is 4.49. The van der Waals surface area contributed by atoms with Crippen molar-refractivity contribution in [1.29, 1.82) is 0 Å². The molecule has 1 fully saturated rings. The lowest BCUT2D eigenvalue weighted by Gasteiger charge is -2.39. The van der Waals surface area contributed by atoms with Gasteiger partial charge in [-0.05, 0) is 43.7 Å². The quantitative estimate of drug-likeness (QED) is 0.749. The van der Waals surface area contributed by atoms with E-state index in [1.807, 2.05) is 0 Å². The molecule has 2 heteroatoms. The Morgan fingerprint density at radius 3 is 2.18 bits per heavy atom. The molecule has 0 saturated carbocycles. The van der Waals surface area contributed by atoms with Crippen LogP contribution in [0, 0.1) is 0 Å². The van der Waals surface area contributed by atoms with Crippen LogP contribution < -0.4 is 0 Å². The van der Waals surface area contributed by atoms with E-state index < -0.39 is 0 Å². The fourth-order valence-corrected chi connectivity index (χ4v) is 3.60. The second kappa shape index (κ2) is 4.99. The third kappa shape index (κ3) is 1.90. The summed E-state index contributed by atoms with van der Waals surface area (Å²) in [5.74, 6) is 0. The Morgan fingerprint density at radius 1 is 1.18 bits per heavy atom. The first-order valence-corrected chi connectivity index (χ1v) is 6.69. The van der Waals surface area contributed by atoms with Crippen LogP contribution in [0.15, 0.2) is 24.3 Å². The first-order valence-electron chi connectivity index (χ1n) is 6.69. The summed E-state index contributed by atoms with van der Waals surface area (Å²) in [7, 11) is 0. The number of fused-ring (bicyclic) bond motifs is 5. The minimum absolute atomic E-state index is 0. The standard InChI is InChI=1S/C15H21N.ClH/c1-3-11(2)16-14-9-6-10-15(16)13-8-5-4-7-12(13)14;/h4-5,7-8,11,14-15H,3,6,9-10H2,1-2H3;1H/t11-,14?,15?;/m0./s1. The molecule has 3 rings (SSSR count). The number of piperidine rings is 1. The van der Waals surface area contributed by atoms with Gasteiger partial charge < -0.3 is 0 Å². The van der Waals surface area contributed by atoms with Crippen LogP contribution in [0.5, 0.6) is 0 Å². The summed E-state index contributed by atoms with van der Waals surface area (Å²) >= 11 is 0. The van der Waals surface area contributed by atoms with Crippen molar-refractivity contribution in [1.82, 2.24) is 4.90 Å². The van der Waals surface area contributed by atoms with Gasteiger partial charge in [0.25, 0.3) is 0 Å². The van der Waals surface area contributed by atoms with Crippen molar-refractivity contribution in [2.45, 2.75) is 57.7 Å². The average Bonchev–Trinajstić information content (AvgIpc) is 2.54. The highest BCUT2D eigenvalue weighted by Gasteiger charge is 2.42. The lowest BCUT2D eigenvalue weighted by molar-refractivity contribution is 0.0647. The van der Waals surface area contributed by atoms with Gasteiger partial charge in [-0.1, -0.05) is 31.2 Å². The highest BCUT2D eigenvalue weighted by molar-refractivity contribution is 5.85. The topological polar surface area (TPSA) is 3.24 Å². The van der Waals surface area contributed by atoms with Crippen LogP contribution in [-0.4, -0.2) is 10.9 Å². The summed E-state index contributed by atoms with van der Waals surface area (Å²) in [5, 5.41) is 0. The van der Waals surface area contributed by atoms with Gasteiger partial charge >= 0.3 is 0 Å². The van der Waals surface area contributed by atoms with Gasteiger partial charge in [-0.15, -0.1) is 12.4 Å². The molecule has 2 unspecified atom stereocenters. The minimum atomic E-state index is 0. The lowest BCUT2D eigenvalue weighted by Crippen LogP contribution is -2.37. The van der Waals surface area contributed by atoms with E-state index in [-0.39, 0.29) is 12.4 Å². The van der Waals surface area contributed by atoms with Gasteiger partial charge in [0.15, 0.2) is 0 Å². The lowest BCUT2D eigenvalue weighted by atomic mass is 9.98. The molecule has 0 amide bonds. The molecule has 2 aliphatic rings. The SMILES string of the molecule is CC[C@H](C)N1C2CCCC1c1ccccc12.Cl. The van der Waals surface area contributed by atoms with Crippen LogP contribution in [-0.2, 0) is 0 Å². The van der Waals surface area contributed by atoms with Gasteiger partial charge in [-0.25, -0.2) is 0 Å². The van der Waals surface area contributed by atoms with E-state index in [4.69, 9.17) is 0 Å². The number of hydrogen-bond donors (Lipinski definition) is 0. The van der Waals surface area contributed by atoms with Crippen LogP contribution in [0.4, 0.5) is 0 Å². The molecule has 2 bridgehead atoms. The molecule has 1 saturated heterocycles. The van der Waals surface area contributed by atoms with E-state index in [0.29, 0.717) is 12.1 Å². The molecular formula is C15H22ClN. The van der Waals surface area contributed by atoms with Crippen molar-refractivity contribution < 1.29 is 0 Å². The molecular weight excluding hydrogens is 230 g/mol. The fraction of sp³-hybridized carbons (Fsp3) is 0.600. The van der Waals surface area contributed by atoms with Crippen LogP contribution in [0.2, 0.25) is 0 Å².